The van der Waals surface area contributed by atoms with Gasteiger partial charge in [0.2, 0.25) is 11.8 Å². The number of rotatable bonds is 5. The van der Waals surface area contributed by atoms with Crippen molar-refractivity contribution in [3.05, 3.63) is 59.7 Å². The Balaban J connectivity index is 1.56. The topological polar surface area (TPSA) is 58.6 Å². The van der Waals surface area contributed by atoms with Crippen molar-refractivity contribution >= 4 is 17.5 Å². The van der Waals surface area contributed by atoms with Gasteiger partial charge in [-0.05, 0) is 42.7 Å². The smallest absolute Gasteiger partial charge is 0.246 e. The van der Waals surface area contributed by atoms with Crippen molar-refractivity contribution in [2.75, 3.05) is 18.6 Å². The highest BCUT2D eigenvalue weighted by atomic mass is 16.5. The standard InChI is InChI=1S/C20H22N2O3/c1-14-11-16-5-3-4-6-18(16)22(14)20(24)13-21-19(23)12-15-7-9-17(25-2)10-8-15/h3-10,14H,11-13H2,1-2H3,(H,21,23). The molecule has 0 aromatic heterocycles. The number of hydrogen-bond donors (Lipinski definition) is 1. The molecule has 5 nitrogen and oxygen atoms in total. The minimum absolute atomic E-state index is 0.00760. The summed E-state index contributed by atoms with van der Waals surface area (Å²) in [5.41, 5.74) is 3.00. The van der Waals surface area contributed by atoms with Crippen molar-refractivity contribution in [3.63, 3.8) is 0 Å². The number of benzene rings is 2. The zero-order valence-corrected chi connectivity index (χ0v) is 14.5. The Morgan fingerprint density at radius 3 is 2.60 bits per heavy atom. The number of methoxy groups -OCH3 is 1. The number of nitrogens with one attached hydrogen (secondary N) is 1. The summed E-state index contributed by atoms with van der Waals surface area (Å²) in [6, 6.07) is 15.3. The van der Waals surface area contributed by atoms with Crippen LogP contribution in [0.5, 0.6) is 5.75 Å². The van der Waals surface area contributed by atoms with Crippen LogP contribution in [0.1, 0.15) is 18.1 Å². The van der Waals surface area contributed by atoms with E-state index in [1.54, 1.807) is 12.0 Å². The van der Waals surface area contributed by atoms with Crippen molar-refractivity contribution in [2.45, 2.75) is 25.8 Å². The van der Waals surface area contributed by atoms with E-state index in [1.807, 2.05) is 55.5 Å². The van der Waals surface area contributed by atoms with Gasteiger partial charge in [-0.3, -0.25) is 9.59 Å². The molecule has 1 unspecified atom stereocenters. The largest absolute Gasteiger partial charge is 0.497 e. The third-order valence-corrected chi connectivity index (χ3v) is 4.44. The predicted octanol–water partition coefficient (Wildman–Crippen LogP) is 2.33. The Labute approximate surface area is 147 Å². The van der Waals surface area contributed by atoms with Crippen molar-refractivity contribution < 1.29 is 14.3 Å². The van der Waals surface area contributed by atoms with Gasteiger partial charge in [-0.1, -0.05) is 30.3 Å². The van der Waals surface area contributed by atoms with Crippen LogP contribution in [-0.2, 0) is 22.4 Å². The number of carbonyl (C=O) groups is 2. The van der Waals surface area contributed by atoms with E-state index in [-0.39, 0.29) is 30.8 Å². The molecule has 0 fully saturated rings. The number of carbonyl (C=O) groups excluding carboxylic acids is 2. The highest BCUT2D eigenvalue weighted by molar-refractivity contribution is 5.99. The van der Waals surface area contributed by atoms with E-state index in [1.165, 1.54) is 5.56 Å². The molecule has 1 aliphatic heterocycles. The highest BCUT2D eigenvalue weighted by Gasteiger charge is 2.30. The van der Waals surface area contributed by atoms with Crippen molar-refractivity contribution in [2.24, 2.45) is 0 Å². The van der Waals surface area contributed by atoms with Gasteiger partial charge < -0.3 is 15.0 Å². The lowest BCUT2D eigenvalue weighted by Crippen LogP contribution is -2.43. The molecule has 0 bridgehead atoms. The minimum Gasteiger partial charge on any atom is -0.497 e. The second-order valence-electron chi connectivity index (χ2n) is 6.25. The molecule has 2 aromatic carbocycles. The monoisotopic (exact) mass is 338 g/mol. The summed E-state index contributed by atoms with van der Waals surface area (Å²) >= 11 is 0. The summed E-state index contributed by atoms with van der Waals surface area (Å²) in [7, 11) is 1.60. The van der Waals surface area contributed by atoms with Crippen LogP contribution in [0.25, 0.3) is 0 Å². The van der Waals surface area contributed by atoms with E-state index in [2.05, 4.69) is 5.32 Å². The van der Waals surface area contributed by atoms with Gasteiger partial charge in [0.15, 0.2) is 0 Å². The molecule has 0 aliphatic carbocycles. The first kappa shape index (κ1) is 17.0. The van der Waals surface area contributed by atoms with Gasteiger partial charge in [-0.2, -0.15) is 0 Å². The van der Waals surface area contributed by atoms with Gasteiger partial charge in [0.1, 0.15) is 5.75 Å². The summed E-state index contributed by atoms with van der Waals surface area (Å²) in [6.07, 6.45) is 1.09. The van der Waals surface area contributed by atoms with E-state index in [0.717, 1.165) is 23.4 Å². The van der Waals surface area contributed by atoms with Gasteiger partial charge >= 0.3 is 0 Å². The van der Waals surface area contributed by atoms with Gasteiger partial charge in [0.25, 0.3) is 0 Å². The maximum atomic E-state index is 12.6. The Morgan fingerprint density at radius 2 is 1.88 bits per heavy atom. The van der Waals surface area contributed by atoms with Crippen molar-refractivity contribution in [1.82, 2.24) is 5.32 Å². The molecule has 1 heterocycles. The highest BCUT2D eigenvalue weighted by Crippen LogP contribution is 2.31. The first-order chi connectivity index (χ1) is 12.1. The molecule has 0 radical (unpaired) electrons. The molecule has 0 saturated heterocycles. The van der Waals surface area contributed by atoms with Gasteiger partial charge in [-0.25, -0.2) is 0 Å². The van der Waals surface area contributed by atoms with Crippen LogP contribution >= 0.6 is 0 Å². The van der Waals surface area contributed by atoms with Crippen molar-refractivity contribution in [3.8, 4) is 5.75 Å². The average Bonchev–Trinajstić information content (AvgIpc) is 2.96. The van der Waals surface area contributed by atoms with E-state index in [0.29, 0.717) is 0 Å². The SMILES string of the molecule is COc1ccc(CC(=O)NCC(=O)N2c3ccccc3CC2C)cc1. The first-order valence-electron chi connectivity index (χ1n) is 8.38. The fraction of sp³-hybridized carbons (Fsp3) is 0.300. The summed E-state index contributed by atoms with van der Waals surface area (Å²) in [5, 5.41) is 2.73. The third kappa shape index (κ3) is 3.82. The summed E-state index contributed by atoms with van der Waals surface area (Å²) < 4.78 is 5.10. The van der Waals surface area contributed by atoms with Gasteiger partial charge in [0.05, 0.1) is 20.1 Å². The first-order valence-corrected chi connectivity index (χ1v) is 8.38. The fourth-order valence-electron chi connectivity index (χ4n) is 3.20. The Kier molecular flexibility index (Phi) is 5.03. The Morgan fingerprint density at radius 1 is 1.16 bits per heavy atom. The van der Waals surface area contributed by atoms with Crippen LogP contribution in [0.2, 0.25) is 0 Å². The Hall–Kier alpha value is -2.82. The maximum Gasteiger partial charge on any atom is 0.246 e. The molecule has 2 amide bonds. The molecular weight excluding hydrogens is 316 g/mol. The van der Waals surface area contributed by atoms with E-state index in [9.17, 15) is 9.59 Å². The minimum atomic E-state index is -0.168. The lowest BCUT2D eigenvalue weighted by molar-refractivity contribution is -0.124. The summed E-state index contributed by atoms with van der Waals surface area (Å²) in [6.45, 7) is 2.03. The second kappa shape index (κ2) is 7.38. The number of anilines is 1. The van der Waals surface area contributed by atoms with Crippen LogP contribution in [0, 0.1) is 0 Å². The van der Waals surface area contributed by atoms with Crippen LogP contribution in [0.15, 0.2) is 48.5 Å². The maximum absolute atomic E-state index is 12.6. The number of hydrogen-bond acceptors (Lipinski definition) is 3. The number of ether oxygens (including phenoxy) is 1. The number of para-hydroxylation sites is 1. The zero-order valence-electron chi connectivity index (χ0n) is 14.5. The lowest BCUT2D eigenvalue weighted by Gasteiger charge is -2.22. The fourth-order valence-corrected chi connectivity index (χ4v) is 3.20. The molecule has 0 saturated carbocycles. The lowest BCUT2D eigenvalue weighted by atomic mass is 10.1. The average molecular weight is 338 g/mol. The molecule has 0 spiro atoms. The van der Waals surface area contributed by atoms with Crippen LogP contribution in [-0.4, -0.2) is 31.5 Å². The van der Waals surface area contributed by atoms with Crippen LogP contribution in [0.3, 0.4) is 0 Å². The normalized spacial score (nSPS) is 15.6. The summed E-state index contributed by atoms with van der Waals surface area (Å²) in [4.78, 5) is 26.4. The van der Waals surface area contributed by atoms with Crippen LogP contribution in [0.4, 0.5) is 5.69 Å². The number of amides is 2. The Bertz CT molecular complexity index is 771. The molecule has 5 heteroatoms. The molecule has 130 valence electrons. The van der Waals surface area contributed by atoms with E-state index in [4.69, 9.17) is 4.74 Å². The zero-order chi connectivity index (χ0) is 17.8. The summed E-state index contributed by atoms with van der Waals surface area (Å²) in [5.74, 6) is 0.500. The van der Waals surface area contributed by atoms with Crippen molar-refractivity contribution in [1.29, 1.82) is 0 Å². The molecule has 1 atom stereocenters. The van der Waals surface area contributed by atoms with Gasteiger partial charge in [-0.15, -0.1) is 0 Å². The van der Waals surface area contributed by atoms with E-state index >= 15 is 0 Å². The van der Waals surface area contributed by atoms with Crippen LogP contribution < -0.4 is 15.0 Å². The predicted molar refractivity (Wildman–Crippen MR) is 96.8 cm³/mol. The third-order valence-electron chi connectivity index (χ3n) is 4.44. The molecular formula is C20H22N2O3. The molecule has 1 aliphatic rings. The number of fused-ring (bicyclic) bond motifs is 1. The van der Waals surface area contributed by atoms with Gasteiger partial charge in [0, 0.05) is 11.7 Å². The molecule has 25 heavy (non-hydrogen) atoms. The molecule has 2 aromatic rings. The van der Waals surface area contributed by atoms with E-state index < -0.39 is 0 Å². The second-order valence-corrected chi connectivity index (χ2v) is 6.25. The number of nitrogens with zero attached hydrogens (tertiary/aromatic N) is 1. The quantitative estimate of drug-likeness (QED) is 0.910. The molecule has 1 N–H and O–H groups in total. The molecule has 3 rings (SSSR count).